The molecule has 25 nitrogen and oxygen atoms in total. The second kappa shape index (κ2) is 19.8. The number of esters is 2. The van der Waals surface area contributed by atoms with Gasteiger partial charge in [0.2, 0.25) is 24.0 Å². The first-order valence-electron chi connectivity index (χ1n) is 18.3. The van der Waals surface area contributed by atoms with Crippen LogP contribution < -0.4 is 22.1 Å². The molecule has 6 atom stereocenters. The summed E-state index contributed by atoms with van der Waals surface area (Å²) in [4.78, 5) is 115. The molecule has 2 aromatic rings. The van der Waals surface area contributed by atoms with Gasteiger partial charge < -0.3 is 64.3 Å². The van der Waals surface area contributed by atoms with Crippen molar-refractivity contribution in [3.63, 3.8) is 0 Å². The standard InChI is InChI=1S/C36H38N8O17S2/c1-15(60-33(49)25-17(11-57-35(37)51)13-62-31-23(29(47)43(25)31)39-27(45)21(41-53-3)19-7-5-9-55-19)59-16(2)61-34(50)26-18(12-58-36(38)52)14-63-32-24(30(48)44(26)32)40-28(46)22(42-54-4)20-8-6-10-56-20/h5-10,15-16,23-24,31-32H,11-14H2,1-4H3,(H2,37,51)(H2,38,52)(H,39,45)(H,40,46)/b41-21+,42-22+. The highest BCUT2D eigenvalue weighted by atomic mass is 32.2. The van der Waals surface area contributed by atoms with Crippen LogP contribution in [0.5, 0.6) is 0 Å². The molecule has 0 aromatic carbocycles. The summed E-state index contributed by atoms with van der Waals surface area (Å²) in [7, 11) is 2.43. The minimum atomic E-state index is -1.48. The number of amides is 6. The summed E-state index contributed by atoms with van der Waals surface area (Å²) in [6, 6.07) is 3.67. The van der Waals surface area contributed by atoms with Crippen molar-refractivity contribution in [3.8, 4) is 0 Å². The molecule has 27 heteroatoms. The zero-order valence-electron chi connectivity index (χ0n) is 33.5. The molecule has 0 saturated carbocycles. The number of primary amides is 2. The zero-order chi connectivity index (χ0) is 45.5. The van der Waals surface area contributed by atoms with E-state index in [0.717, 1.165) is 33.3 Å². The predicted molar refractivity (Wildman–Crippen MR) is 212 cm³/mol. The Hall–Kier alpha value is -7.00. The van der Waals surface area contributed by atoms with Crippen LogP contribution in [0.4, 0.5) is 9.59 Å². The van der Waals surface area contributed by atoms with E-state index in [9.17, 15) is 38.4 Å². The maximum atomic E-state index is 13.7. The van der Waals surface area contributed by atoms with Gasteiger partial charge in [-0.15, -0.1) is 23.5 Å². The van der Waals surface area contributed by atoms with Gasteiger partial charge in [0.15, 0.2) is 11.5 Å². The zero-order valence-corrected chi connectivity index (χ0v) is 35.1. The first kappa shape index (κ1) is 45.5. The molecule has 0 aliphatic carbocycles. The number of ether oxygens (including phenoxy) is 5. The van der Waals surface area contributed by atoms with Crippen LogP contribution in [0.2, 0.25) is 0 Å². The molecule has 6 rings (SSSR count). The van der Waals surface area contributed by atoms with Gasteiger partial charge in [0.25, 0.3) is 23.6 Å². The number of furan rings is 2. The Morgan fingerprint density at radius 2 is 1.13 bits per heavy atom. The van der Waals surface area contributed by atoms with E-state index in [4.69, 9.17) is 53.7 Å². The maximum Gasteiger partial charge on any atom is 0.404 e. The van der Waals surface area contributed by atoms with E-state index < -0.39 is 96.4 Å². The van der Waals surface area contributed by atoms with Gasteiger partial charge in [-0.2, -0.15) is 0 Å². The van der Waals surface area contributed by atoms with Crippen molar-refractivity contribution in [2.45, 2.75) is 49.3 Å². The number of carbonyl (C=O) groups excluding carboxylic acids is 8. The van der Waals surface area contributed by atoms with Gasteiger partial charge in [0, 0.05) is 22.7 Å². The van der Waals surface area contributed by atoms with Crippen LogP contribution in [0, 0.1) is 0 Å². The lowest BCUT2D eigenvalue weighted by Gasteiger charge is -2.49. The number of nitrogens with two attached hydrogens (primary N) is 2. The van der Waals surface area contributed by atoms with Gasteiger partial charge in [0.05, 0.1) is 12.5 Å². The molecule has 2 saturated heterocycles. The predicted octanol–water partition coefficient (Wildman–Crippen LogP) is -0.433. The fraction of sp³-hybridized carbons (Fsp3) is 0.389. The second-order valence-corrected chi connectivity index (χ2v) is 15.3. The summed E-state index contributed by atoms with van der Waals surface area (Å²) < 4.78 is 36.9. The second-order valence-electron chi connectivity index (χ2n) is 13.1. The number of thioether (sulfide) groups is 2. The average Bonchev–Trinajstić information content (AvgIpc) is 3.99. The van der Waals surface area contributed by atoms with Crippen molar-refractivity contribution >= 4 is 82.7 Å². The third-order valence-electron chi connectivity index (χ3n) is 9.07. The molecule has 6 N–H and O–H groups in total. The molecule has 63 heavy (non-hydrogen) atoms. The number of carbonyl (C=O) groups is 8. The number of fused-ring (bicyclic) bond motifs is 2. The monoisotopic (exact) mass is 918 g/mol. The summed E-state index contributed by atoms with van der Waals surface area (Å²) in [5.41, 5.74) is 9.45. The number of oxime groups is 2. The molecule has 0 radical (unpaired) electrons. The van der Waals surface area contributed by atoms with Gasteiger partial charge in [-0.25, -0.2) is 19.2 Å². The van der Waals surface area contributed by atoms with Gasteiger partial charge in [-0.05, 0) is 38.1 Å². The minimum absolute atomic E-state index is 0.0286. The highest BCUT2D eigenvalue weighted by molar-refractivity contribution is 8.00. The Bertz CT molecular complexity index is 2120. The Morgan fingerprint density at radius 1 is 0.730 bits per heavy atom. The molecule has 6 amide bonds. The van der Waals surface area contributed by atoms with Crippen molar-refractivity contribution in [1.82, 2.24) is 20.4 Å². The molecule has 0 bridgehead atoms. The summed E-state index contributed by atoms with van der Waals surface area (Å²) in [6.07, 6.45) is -2.64. The number of β-lactam (4-membered cyclic amide) rings is 2. The summed E-state index contributed by atoms with van der Waals surface area (Å²) >= 11 is 2.28. The molecule has 6 unspecified atom stereocenters. The van der Waals surface area contributed by atoms with Crippen LogP contribution in [0.15, 0.2) is 78.5 Å². The Kier molecular flexibility index (Phi) is 14.3. The highest BCUT2D eigenvalue weighted by Gasteiger charge is 2.56. The van der Waals surface area contributed by atoms with E-state index in [2.05, 4.69) is 20.9 Å². The third-order valence-corrected chi connectivity index (χ3v) is 11.7. The first-order chi connectivity index (χ1) is 30.1. The van der Waals surface area contributed by atoms with Crippen molar-refractivity contribution in [3.05, 3.63) is 70.9 Å². The SMILES string of the molecule is CO/N=C(/C(=O)NC1C(=O)N2C(C(=O)OC(C)OC(C)OC(=O)C3=C(COC(N)=O)CSC4C(NC(=O)/C(=N/OC)c5ccco5)C(=O)N34)=C(COC(N)=O)CSC12)c1ccco1. The van der Waals surface area contributed by atoms with Gasteiger partial charge in [0.1, 0.15) is 61.7 Å². The van der Waals surface area contributed by atoms with Crippen LogP contribution >= 0.6 is 23.5 Å². The van der Waals surface area contributed by atoms with Crippen molar-refractivity contribution < 1.29 is 80.6 Å². The fourth-order valence-corrected chi connectivity index (χ4v) is 9.10. The molecule has 336 valence electrons. The lowest BCUT2D eigenvalue weighted by Crippen LogP contribution is -2.71. The van der Waals surface area contributed by atoms with E-state index in [1.165, 1.54) is 64.9 Å². The molecule has 4 aliphatic rings. The number of nitrogens with one attached hydrogen (secondary N) is 2. The molecule has 6 heterocycles. The van der Waals surface area contributed by atoms with Crippen LogP contribution in [0.25, 0.3) is 0 Å². The van der Waals surface area contributed by atoms with E-state index in [-0.39, 0.29) is 57.0 Å². The van der Waals surface area contributed by atoms with E-state index >= 15 is 0 Å². The van der Waals surface area contributed by atoms with E-state index in [1.54, 1.807) is 0 Å². The molecule has 2 fully saturated rings. The number of rotatable bonds is 18. The Morgan fingerprint density at radius 3 is 1.46 bits per heavy atom. The third kappa shape index (κ3) is 9.89. The summed E-state index contributed by atoms with van der Waals surface area (Å²) in [5.74, 6) is -5.12. The smallest absolute Gasteiger partial charge is 0.404 e. The quantitative estimate of drug-likeness (QED) is 0.0368. The molecular formula is C36H38N8O17S2. The number of nitrogens with zero attached hydrogens (tertiary/aromatic N) is 4. The maximum absolute atomic E-state index is 13.7. The number of hydrogen-bond acceptors (Lipinski definition) is 21. The fourth-order valence-electron chi connectivity index (χ4n) is 6.45. The van der Waals surface area contributed by atoms with E-state index in [0.29, 0.717) is 0 Å². The van der Waals surface area contributed by atoms with Gasteiger partial charge >= 0.3 is 24.1 Å². The van der Waals surface area contributed by atoms with Gasteiger partial charge in [-0.3, -0.25) is 29.0 Å². The largest absolute Gasteiger partial charge is 0.462 e. The topological polar surface area (TPSA) is 335 Å². The molecule has 4 aliphatic heterocycles. The van der Waals surface area contributed by atoms with Crippen molar-refractivity contribution in [1.29, 1.82) is 0 Å². The van der Waals surface area contributed by atoms with Crippen molar-refractivity contribution in [2.24, 2.45) is 21.8 Å². The lowest BCUT2D eigenvalue weighted by atomic mass is 10.0. The van der Waals surface area contributed by atoms with Crippen LogP contribution in [0.1, 0.15) is 25.4 Å². The number of hydrogen-bond donors (Lipinski definition) is 4. The minimum Gasteiger partial charge on any atom is -0.462 e. The van der Waals surface area contributed by atoms with Crippen molar-refractivity contribution in [2.75, 3.05) is 38.9 Å². The first-order valence-corrected chi connectivity index (χ1v) is 20.4. The van der Waals surface area contributed by atoms with Crippen LogP contribution in [0.3, 0.4) is 0 Å². The van der Waals surface area contributed by atoms with Crippen LogP contribution in [-0.4, -0.2) is 143 Å². The molecule has 2 aromatic heterocycles. The van der Waals surface area contributed by atoms with Gasteiger partial charge in [-0.1, -0.05) is 10.3 Å². The molecular weight excluding hydrogens is 881 g/mol. The van der Waals surface area contributed by atoms with Crippen LogP contribution in [-0.2, 0) is 62.1 Å². The van der Waals surface area contributed by atoms with E-state index in [1.807, 2.05) is 0 Å². The summed E-state index contributed by atoms with van der Waals surface area (Å²) in [6.45, 7) is 1.57. The Labute approximate surface area is 363 Å². The average molecular weight is 919 g/mol. The molecule has 0 spiro atoms. The summed E-state index contributed by atoms with van der Waals surface area (Å²) in [5, 5.41) is 10.8. The normalized spacial score (nSPS) is 21.7. The Balaban J connectivity index is 1.12. The highest BCUT2D eigenvalue weighted by Crippen LogP contribution is 2.42. The lowest BCUT2D eigenvalue weighted by molar-refractivity contribution is -0.225.